The van der Waals surface area contributed by atoms with Crippen LogP contribution in [0.1, 0.15) is 33.1 Å². The highest BCUT2D eigenvalue weighted by Gasteiger charge is 2.25. The molecule has 1 aliphatic rings. The van der Waals surface area contributed by atoms with Gasteiger partial charge in [-0.15, -0.1) is 0 Å². The summed E-state index contributed by atoms with van der Waals surface area (Å²) in [7, 11) is 0. The van der Waals surface area contributed by atoms with E-state index in [1.807, 2.05) is 18.3 Å². The summed E-state index contributed by atoms with van der Waals surface area (Å²) in [4.78, 5) is 0. The molecule has 3 heteroatoms. The van der Waals surface area contributed by atoms with Crippen molar-refractivity contribution in [3.8, 4) is 0 Å². The van der Waals surface area contributed by atoms with E-state index in [9.17, 15) is 0 Å². The summed E-state index contributed by atoms with van der Waals surface area (Å²) >= 11 is 0. The van der Waals surface area contributed by atoms with E-state index in [1.165, 1.54) is 24.6 Å². The predicted octanol–water partition coefficient (Wildman–Crippen LogP) is 3.87. The molecular formula is C16H21N3. The fraction of sp³-hybridized carbons (Fsp3) is 0.500. The Hall–Kier alpha value is -1.64. The van der Waals surface area contributed by atoms with Gasteiger partial charge < -0.3 is 5.32 Å². The Morgan fingerprint density at radius 3 is 2.84 bits per heavy atom. The topological polar surface area (TPSA) is 37.8 Å². The molecule has 2 aromatic rings. The van der Waals surface area contributed by atoms with Gasteiger partial charge in [-0.05, 0) is 37.2 Å². The maximum atomic E-state index is 4.18. The molecule has 19 heavy (non-hydrogen) atoms. The largest absolute Gasteiger partial charge is 0.380 e. The highest BCUT2D eigenvalue weighted by molar-refractivity contribution is 5.90. The van der Waals surface area contributed by atoms with E-state index in [1.54, 1.807) is 0 Å². The first-order valence-corrected chi connectivity index (χ1v) is 7.21. The number of nitrogens with zero attached hydrogens (tertiary/aromatic N) is 2. The first-order chi connectivity index (χ1) is 9.24. The second-order valence-electron chi connectivity index (χ2n) is 5.92. The lowest BCUT2D eigenvalue weighted by Crippen LogP contribution is -2.33. The zero-order valence-corrected chi connectivity index (χ0v) is 11.6. The molecule has 0 saturated heterocycles. The minimum absolute atomic E-state index is 0.559. The molecular weight excluding hydrogens is 234 g/mol. The normalized spacial score (nSPS) is 27.4. The van der Waals surface area contributed by atoms with Crippen LogP contribution in [0.5, 0.6) is 0 Å². The van der Waals surface area contributed by atoms with Gasteiger partial charge in [0.25, 0.3) is 0 Å². The quantitative estimate of drug-likeness (QED) is 0.885. The summed E-state index contributed by atoms with van der Waals surface area (Å²) in [6.45, 7) is 4.71. The number of anilines is 1. The number of aromatic nitrogens is 2. The van der Waals surface area contributed by atoms with Crippen molar-refractivity contribution in [3.05, 3.63) is 30.5 Å². The van der Waals surface area contributed by atoms with Crippen LogP contribution in [-0.4, -0.2) is 16.2 Å². The Kier molecular flexibility index (Phi) is 3.36. The summed E-state index contributed by atoms with van der Waals surface area (Å²) in [6.07, 6.45) is 5.73. The third-order valence-corrected chi connectivity index (χ3v) is 4.32. The zero-order chi connectivity index (χ0) is 13.2. The third kappa shape index (κ3) is 2.55. The van der Waals surface area contributed by atoms with Crippen LogP contribution in [0.3, 0.4) is 0 Å². The standard InChI is InChI=1S/C16H21N3/c1-11-7-8-14(12(2)9-11)18-16-10-17-19-15-6-4-3-5-13(15)16/h3-6,10-12,14H,7-9H2,1-2H3,(H,18,19). The fourth-order valence-corrected chi connectivity index (χ4v) is 3.20. The molecule has 0 aliphatic heterocycles. The number of nitrogens with one attached hydrogen (secondary N) is 1. The van der Waals surface area contributed by atoms with Crippen molar-refractivity contribution < 1.29 is 0 Å². The van der Waals surface area contributed by atoms with Gasteiger partial charge in [-0.3, -0.25) is 0 Å². The molecule has 3 nitrogen and oxygen atoms in total. The van der Waals surface area contributed by atoms with Gasteiger partial charge >= 0.3 is 0 Å². The van der Waals surface area contributed by atoms with Gasteiger partial charge in [-0.1, -0.05) is 32.0 Å². The monoisotopic (exact) mass is 255 g/mol. The Morgan fingerprint density at radius 1 is 1.16 bits per heavy atom. The fourth-order valence-electron chi connectivity index (χ4n) is 3.20. The minimum Gasteiger partial charge on any atom is -0.380 e. The second-order valence-corrected chi connectivity index (χ2v) is 5.92. The number of fused-ring (bicyclic) bond motifs is 1. The van der Waals surface area contributed by atoms with Crippen molar-refractivity contribution in [1.29, 1.82) is 0 Å². The molecule has 1 N–H and O–H groups in total. The average Bonchev–Trinajstić information content (AvgIpc) is 2.42. The summed E-state index contributed by atoms with van der Waals surface area (Å²) in [6, 6.07) is 8.75. The molecule has 100 valence electrons. The van der Waals surface area contributed by atoms with Crippen LogP contribution in [0.15, 0.2) is 30.5 Å². The third-order valence-electron chi connectivity index (χ3n) is 4.32. The first-order valence-electron chi connectivity index (χ1n) is 7.21. The maximum Gasteiger partial charge on any atom is 0.0950 e. The SMILES string of the molecule is CC1CCC(Nc2cnnc3ccccc23)C(C)C1. The van der Waals surface area contributed by atoms with Gasteiger partial charge in [0.05, 0.1) is 17.4 Å². The minimum atomic E-state index is 0.559. The van der Waals surface area contributed by atoms with Crippen LogP contribution in [0.25, 0.3) is 10.9 Å². The molecule has 0 spiro atoms. The number of rotatable bonds is 2. The second kappa shape index (κ2) is 5.16. The van der Waals surface area contributed by atoms with Gasteiger partial charge in [-0.25, -0.2) is 0 Å². The maximum absolute atomic E-state index is 4.18. The van der Waals surface area contributed by atoms with Gasteiger partial charge in [-0.2, -0.15) is 10.2 Å². The molecule has 1 aromatic carbocycles. The molecule has 0 bridgehead atoms. The Bertz CT molecular complexity index is 561. The molecule has 1 aromatic heterocycles. The highest BCUT2D eigenvalue weighted by atomic mass is 15.1. The number of hydrogen-bond donors (Lipinski definition) is 1. The lowest BCUT2D eigenvalue weighted by molar-refractivity contribution is 0.276. The molecule has 1 aliphatic carbocycles. The van der Waals surface area contributed by atoms with Gasteiger partial charge in [0.15, 0.2) is 0 Å². The van der Waals surface area contributed by atoms with Crippen LogP contribution in [-0.2, 0) is 0 Å². The predicted molar refractivity (Wildman–Crippen MR) is 79.1 cm³/mol. The van der Waals surface area contributed by atoms with Gasteiger partial charge in [0, 0.05) is 11.4 Å². The lowest BCUT2D eigenvalue weighted by atomic mass is 9.80. The smallest absolute Gasteiger partial charge is 0.0950 e. The van der Waals surface area contributed by atoms with E-state index in [0.29, 0.717) is 6.04 Å². The van der Waals surface area contributed by atoms with E-state index in [-0.39, 0.29) is 0 Å². The summed E-state index contributed by atoms with van der Waals surface area (Å²) in [5, 5.41) is 13.1. The van der Waals surface area contributed by atoms with E-state index >= 15 is 0 Å². The van der Waals surface area contributed by atoms with E-state index in [2.05, 4.69) is 41.5 Å². The Labute approximate surface area is 114 Å². The number of benzene rings is 1. The molecule has 1 heterocycles. The molecule has 0 radical (unpaired) electrons. The molecule has 3 rings (SSSR count). The van der Waals surface area contributed by atoms with E-state index < -0.39 is 0 Å². The molecule has 3 atom stereocenters. The van der Waals surface area contributed by atoms with Gasteiger partial charge in [0.1, 0.15) is 0 Å². The van der Waals surface area contributed by atoms with Crippen LogP contribution >= 0.6 is 0 Å². The van der Waals surface area contributed by atoms with E-state index in [4.69, 9.17) is 0 Å². The van der Waals surface area contributed by atoms with Crippen molar-refractivity contribution in [2.45, 2.75) is 39.2 Å². The Morgan fingerprint density at radius 2 is 2.00 bits per heavy atom. The summed E-state index contributed by atoms with van der Waals surface area (Å²) in [5.74, 6) is 1.58. The van der Waals surface area contributed by atoms with Crippen LogP contribution in [0, 0.1) is 11.8 Å². The van der Waals surface area contributed by atoms with Crippen molar-refractivity contribution >= 4 is 16.6 Å². The average molecular weight is 255 g/mol. The molecule has 1 saturated carbocycles. The van der Waals surface area contributed by atoms with Crippen molar-refractivity contribution in [3.63, 3.8) is 0 Å². The first kappa shape index (κ1) is 12.4. The Balaban J connectivity index is 1.85. The van der Waals surface area contributed by atoms with Crippen molar-refractivity contribution in [2.75, 3.05) is 5.32 Å². The van der Waals surface area contributed by atoms with Crippen molar-refractivity contribution in [1.82, 2.24) is 10.2 Å². The number of hydrogen-bond acceptors (Lipinski definition) is 3. The van der Waals surface area contributed by atoms with Crippen LogP contribution in [0.2, 0.25) is 0 Å². The van der Waals surface area contributed by atoms with E-state index in [0.717, 1.165) is 23.0 Å². The van der Waals surface area contributed by atoms with Crippen molar-refractivity contribution in [2.24, 2.45) is 11.8 Å². The highest BCUT2D eigenvalue weighted by Crippen LogP contribution is 2.32. The summed E-state index contributed by atoms with van der Waals surface area (Å²) < 4.78 is 0. The van der Waals surface area contributed by atoms with Crippen LogP contribution < -0.4 is 5.32 Å². The van der Waals surface area contributed by atoms with Crippen LogP contribution in [0.4, 0.5) is 5.69 Å². The summed E-state index contributed by atoms with van der Waals surface area (Å²) in [5.41, 5.74) is 2.08. The molecule has 1 fully saturated rings. The lowest BCUT2D eigenvalue weighted by Gasteiger charge is -2.33. The zero-order valence-electron chi connectivity index (χ0n) is 11.6. The molecule has 3 unspecified atom stereocenters. The molecule has 0 amide bonds. The van der Waals surface area contributed by atoms with Gasteiger partial charge in [0.2, 0.25) is 0 Å².